The van der Waals surface area contributed by atoms with Gasteiger partial charge in [-0.05, 0) is 49.6 Å². The van der Waals surface area contributed by atoms with E-state index in [1.54, 1.807) is 6.26 Å². The van der Waals surface area contributed by atoms with Gasteiger partial charge in [0.1, 0.15) is 11.6 Å². The summed E-state index contributed by atoms with van der Waals surface area (Å²) in [6.45, 7) is 6.75. The number of guanidine groups is 1. The second kappa shape index (κ2) is 9.43. The minimum Gasteiger partial charge on any atom is -0.469 e. The van der Waals surface area contributed by atoms with Gasteiger partial charge in [-0.25, -0.2) is 4.98 Å². The lowest BCUT2D eigenvalue weighted by molar-refractivity contribution is 0.370. The number of hydrogen-bond acceptors (Lipinski definition) is 4. The zero-order valence-electron chi connectivity index (χ0n) is 15.8. The SMILES string of the molecule is Cc1ccnc(N2CCN(C(=NCCc3ccco3)NC3CC3)CC2)c1.I. The zero-order valence-corrected chi connectivity index (χ0v) is 18.1. The molecule has 0 atom stereocenters. The maximum absolute atomic E-state index is 5.41. The van der Waals surface area contributed by atoms with Crippen molar-refractivity contribution in [2.75, 3.05) is 37.6 Å². The molecule has 1 aliphatic heterocycles. The molecule has 0 spiro atoms. The average molecular weight is 481 g/mol. The van der Waals surface area contributed by atoms with Crippen LogP contribution >= 0.6 is 24.0 Å². The molecule has 0 bridgehead atoms. The van der Waals surface area contributed by atoms with Crippen molar-refractivity contribution < 1.29 is 4.42 Å². The number of aryl methyl sites for hydroxylation is 1. The average Bonchev–Trinajstić information content (AvgIpc) is 3.33. The maximum Gasteiger partial charge on any atom is 0.194 e. The lowest BCUT2D eigenvalue weighted by atomic mass is 10.2. The van der Waals surface area contributed by atoms with Crippen LogP contribution in [0.2, 0.25) is 0 Å². The summed E-state index contributed by atoms with van der Waals surface area (Å²) in [5, 5.41) is 3.62. The fourth-order valence-corrected chi connectivity index (χ4v) is 3.21. The Morgan fingerprint density at radius 3 is 2.74 bits per heavy atom. The first kappa shape index (κ1) is 20.0. The molecule has 7 heteroatoms. The van der Waals surface area contributed by atoms with Crippen LogP contribution in [0.4, 0.5) is 5.82 Å². The molecule has 0 radical (unpaired) electrons. The summed E-state index contributed by atoms with van der Waals surface area (Å²) in [5.74, 6) is 3.13. The molecule has 1 N–H and O–H groups in total. The molecule has 2 fully saturated rings. The van der Waals surface area contributed by atoms with Crippen molar-refractivity contribution in [2.24, 2.45) is 4.99 Å². The summed E-state index contributed by atoms with van der Waals surface area (Å²) >= 11 is 0. The molecule has 3 heterocycles. The Morgan fingerprint density at radius 2 is 2.07 bits per heavy atom. The number of aromatic nitrogens is 1. The lowest BCUT2D eigenvalue weighted by Gasteiger charge is -2.37. The first-order chi connectivity index (χ1) is 12.8. The number of furan rings is 1. The number of halogens is 1. The number of anilines is 1. The predicted octanol–water partition coefficient (Wildman–Crippen LogP) is 3.07. The van der Waals surface area contributed by atoms with Crippen LogP contribution < -0.4 is 10.2 Å². The number of aliphatic imine (C=N–C) groups is 1. The largest absolute Gasteiger partial charge is 0.469 e. The molecule has 1 saturated heterocycles. The standard InChI is InChI=1S/C20H27N5O.HI/c1-16-6-8-21-19(15-16)24-10-12-25(13-11-24)20(23-17-4-5-17)22-9-7-18-3-2-14-26-18;/h2-3,6,8,14-15,17H,4-5,7,9-13H2,1H3,(H,22,23);1H. The Labute approximate surface area is 178 Å². The maximum atomic E-state index is 5.41. The Balaban J connectivity index is 0.00000210. The van der Waals surface area contributed by atoms with Crippen LogP contribution in [-0.2, 0) is 6.42 Å². The number of piperazine rings is 1. The Morgan fingerprint density at radius 1 is 1.26 bits per heavy atom. The molecule has 2 aromatic heterocycles. The quantitative estimate of drug-likeness (QED) is 0.404. The normalized spacial score (nSPS) is 17.6. The summed E-state index contributed by atoms with van der Waals surface area (Å²) in [4.78, 5) is 14.1. The molecule has 0 unspecified atom stereocenters. The molecule has 0 aromatic carbocycles. The highest BCUT2D eigenvalue weighted by atomic mass is 127. The summed E-state index contributed by atoms with van der Waals surface area (Å²) < 4.78 is 5.41. The second-order valence-corrected chi connectivity index (χ2v) is 7.12. The lowest BCUT2D eigenvalue weighted by Crippen LogP contribution is -2.53. The van der Waals surface area contributed by atoms with E-state index in [-0.39, 0.29) is 24.0 Å². The van der Waals surface area contributed by atoms with E-state index in [4.69, 9.17) is 9.41 Å². The van der Waals surface area contributed by atoms with E-state index < -0.39 is 0 Å². The van der Waals surface area contributed by atoms with E-state index in [0.29, 0.717) is 6.04 Å². The van der Waals surface area contributed by atoms with Gasteiger partial charge in [-0.15, -0.1) is 24.0 Å². The van der Waals surface area contributed by atoms with E-state index in [0.717, 1.165) is 56.7 Å². The van der Waals surface area contributed by atoms with Gasteiger partial charge in [0.25, 0.3) is 0 Å². The highest BCUT2D eigenvalue weighted by Gasteiger charge is 2.27. The molecular formula is C20H28IN5O. The third kappa shape index (κ3) is 5.60. The molecule has 2 aromatic rings. The van der Waals surface area contributed by atoms with Crippen LogP contribution in [-0.4, -0.2) is 54.6 Å². The van der Waals surface area contributed by atoms with Gasteiger partial charge in [-0.1, -0.05) is 0 Å². The van der Waals surface area contributed by atoms with Crippen molar-refractivity contribution in [2.45, 2.75) is 32.2 Å². The third-order valence-corrected chi connectivity index (χ3v) is 4.91. The monoisotopic (exact) mass is 481 g/mol. The molecule has 1 saturated carbocycles. The van der Waals surface area contributed by atoms with Gasteiger partial charge < -0.3 is 19.5 Å². The topological polar surface area (TPSA) is 56.9 Å². The molecular weight excluding hydrogens is 453 g/mol. The molecule has 6 nitrogen and oxygen atoms in total. The van der Waals surface area contributed by atoms with Gasteiger partial charge in [0.15, 0.2) is 5.96 Å². The van der Waals surface area contributed by atoms with Gasteiger partial charge in [0.05, 0.1) is 6.26 Å². The number of nitrogens with zero attached hydrogens (tertiary/aromatic N) is 4. The fourth-order valence-electron chi connectivity index (χ4n) is 3.21. The number of rotatable bonds is 5. The van der Waals surface area contributed by atoms with Crippen molar-refractivity contribution in [1.82, 2.24) is 15.2 Å². The summed E-state index contributed by atoms with van der Waals surface area (Å²) in [5.41, 5.74) is 1.26. The summed E-state index contributed by atoms with van der Waals surface area (Å²) in [6.07, 6.45) is 6.97. The van der Waals surface area contributed by atoms with Crippen LogP contribution in [0, 0.1) is 6.92 Å². The Kier molecular flexibility index (Phi) is 6.98. The molecule has 0 amide bonds. The van der Waals surface area contributed by atoms with Crippen LogP contribution in [0.15, 0.2) is 46.1 Å². The van der Waals surface area contributed by atoms with Gasteiger partial charge in [0.2, 0.25) is 0 Å². The van der Waals surface area contributed by atoms with Crippen LogP contribution in [0.25, 0.3) is 0 Å². The van der Waals surface area contributed by atoms with Crippen LogP contribution in [0.1, 0.15) is 24.2 Å². The molecule has 1 aliphatic carbocycles. The second-order valence-electron chi connectivity index (χ2n) is 7.12. The number of nitrogens with one attached hydrogen (secondary N) is 1. The Hall–Kier alpha value is -1.77. The van der Waals surface area contributed by atoms with Crippen molar-refractivity contribution in [3.8, 4) is 0 Å². The van der Waals surface area contributed by atoms with Crippen LogP contribution in [0.5, 0.6) is 0 Å². The van der Waals surface area contributed by atoms with E-state index >= 15 is 0 Å². The first-order valence-electron chi connectivity index (χ1n) is 9.54. The first-order valence-corrected chi connectivity index (χ1v) is 9.54. The molecule has 27 heavy (non-hydrogen) atoms. The Bertz CT molecular complexity index is 737. The molecule has 2 aliphatic rings. The minimum absolute atomic E-state index is 0. The smallest absolute Gasteiger partial charge is 0.194 e. The van der Waals surface area contributed by atoms with Gasteiger partial charge in [0, 0.05) is 51.4 Å². The van der Waals surface area contributed by atoms with Gasteiger partial charge in [-0.3, -0.25) is 4.99 Å². The third-order valence-electron chi connectivity index (χ3n) is 4.91. The van der Waals surface area contributed by atoms with Crippen molar-refractivity contribution in [1.29, 1.82) is 0 Å². The minimum atomic E-state index is 0. The van der Waals surface area contributed by atoms with Gasteiger partial charge in [-0.2, -0.15) is 0 Å². The fraction of sp³-hybridized carbons (Fsp3) is 0.500. The molecule has 4 rings (SSSR count). The number of hydrogen-bond donors (Lipinski definition) is 1. The van der Waals surface area contributed by atoms with Gasteiger partial charge >= 0.3 is 0 Å². The van der Waals surface area contributed by atoms with E-state index in [2.05, 4.69) is 33.1 Å². The van der Waals surface area contributed by atoms with Crippen LogP contribution in [0.3, 0.4) is 0 Å². The van der Waals surface area contributed by atoms with E-state index in [1.807, 2.05) is 24.4 Å². The highest BCUT2D eigenvalue weighted by molar-refractivity contribution is 14.0. The van der Waals surface area contributed by atoms with E-state index in [9.17, 15) is 0 Å². The predicted molar refractivity (Wildman–Crippen MR) is 119 cm³/mol. The highest BCUT2D eigenvalue weighted by Crippen LogP contribution is 2.20. The van der Waals surface area contributed by atoms with Crippen molar-refractivity contribution in [3.63, 3.8) is 0 Å². The number of pyridine rings is 1. The van der Waals surface area contributed by atoms with Crippen molar-refractivity contribution in [3.05, 3.63) is 48.0 Å². The van der Waals surface area contributed by atoms with E-state index in [1.165, 1.54) is 18.4 Å². The summed E-state index contributed by atoms with van der Waals surface area (Å²) in [6, 6.07) is 8.76. The van der Waals surface area contributed by atoms with Crippen molar-refractivity contribution >= 4 is 35.8 Å². The molecule has 146 valence electrons. The summed E-state index contributed by atoms with van der Waals surface area (Å²) in [7, 11) is 0. The zero-order chi connectivity index (χ0) is 17.8.